The van der Waals surface area contributed by atoms with Crippen molar-refractivity contribution >= 4 is 28.2 Å². The number of fused-ring (bicyclic) bond motifs is 1. The average molecular weight is 427 g/mol. The summed E-state index contributed by atoms with van der Waals surface area (Å²) in [6, 6.07) is 18.7. The Kier molecular flexibility index (Phi) is 4.60. The van der Waals surface area contributed by atoms with E-state index in [0.29, 0.717) is 32.4 Å². The van der Waals surface area contributed by atoms with Crippen LogP contribution in [-0.2, 0) is 0 Å². The Balaban J connectivity index is 1.48. The molecule has 0 aliphatic rings. The van der Waals surface area contributed by atoms with Gasteiger partial charge in [-0.25, -0.2) is 0 Å². The Hall–Kier alpha value is -3.84. The van der Waals surface area contributed by atoms with Crippen LogP contribution in [0.25, 0.3) is 33.7 Å². The first-order chi connectivity index (χ1) is 15.0. The third-order valence-corrected chi connectivity index (χ3v) is 5.89. The number of ketones is 1. The number of carbonyl (C=O) groups is 1. The van der Waals surface area contributed by atoms with E-state index >= 15 is 0 Å². The van der Waals surface area contributed by atoms with E-state index in [-0.39, 0.29) is 11.3 Å². The number of furan rings is 1. The second kappa shape index (κ2) is 7.45. The maximum Gasteiger partial charge on any atom is 0.291 e. The van der Waals surface area contributed by atoms with Crippen molar-refractivity contribution in [1.82, 2.24) is 14.6 Å². The van der Waals surface area contributed by atoms with Gasteiger partial charge in [-0.3, -0.25) is 9.59 Å². The highest BCUT2D eigenvalue weighted by Gasteiger charge is 2.13. The molecule has 0 spiro atoms. The lowest BCUT2D eigenvalue weighted by Crippen LogP contribution is -2.23. The number of aromatic nitrogens is 3. The molecule has 3 aromatic heterocycles. The van der Waals surface area contributed by atoms with Crippen molar-refractivity contribution in [3.8, 4) is 22.7 Å². The Morgan fingerprint density at radius 1 is 1.06 bits per heavy atom. The summed E-state index contributed by atoms with van der Waals surface area (Å²) in [5.41, 5.74) is 3.27. The fourth-order valence-electron chi connectivity index (χ4n) is 3.32. The van der Waals surface area contributed by atoms with Gasteiger partial charge in [0.2, 0.25) is 4.96 Å². The van der Waals surface area contributed by atoms with Crippen molar-refractivity contribution in [1.29, 1.82) is 0 Å². The number of carbonyl (C=O) groups excluding carboxylic acids is 1. The third-order valence-electron chi connectivity index (χ3n) is 4.93. The Morgan fingerprint density at radius 3 is 2.58 bits per heavy atom. The first-order valence-corrected chi connectivity index (χ1v) is 10.5. The van der Waals surface area contributed by atoms with Gasteiger partial charge in [0.25, 0.3) is 5.56 Å². The molecule has 0 amide bonds. The van der Waals surface area contributed by atoms with Crippen molar-refractivity contribution in [2.75, 3.05) is 0 Å². The molecule has 0 saturated carbocycles. The lowest BCUT2D eigenvalue weighted by atomic mass is 10.1. The maximum absolute atomic E-state index is 12.8. The highest BCUT2D eigenvalue weighted by atomic mass is 32.1. The Labute approximate surface area is 181 Å². The van der Waals surface area contributed by atoms with Crippen LogP contribution in [0.2, 0.25) is 0 Å². The number of Topliss-reactive ketones (excluding diaryl/α,β-unsaturated/α-hetero) is 1. The van der Waals surface area contributed by atoms with Gasteiger partial charge in [-0.2, -0.15) is 9.50 Å². The molecule has 7 heteroatoms. The minimum absolute atomic E-state index is 0.0184. The SMILES string of the molecule is CC(=O)c1ccc(-c2ccc(C=c3sc4nc(-c5cccc(C)c5)nn4c3=O)o2)cc1. The second-order valence-electron chi connectivity index (χ2n) is 7.25. The van der Waals surface area contributed by atoms with Crippen LogP contribution in [0.15, 0.2) is 69.9 Å². The minimum atomic E-state index is -0.227. The van der Waals surface area contributed by atoms with Gasteiger partial charge in [0.15, 0.2) is 11.6 Å². The molecule has 0 atom stereocenters. The fraction of sp³-hybridized carbons (Fsp3) is 0.0833. The largest absolute Gasteiger partial charge is 0.457 e. The molecule has 152 valence electrons. The molecule has 6 nitrogen and oxygen atoms in total. The van der Waals surface area contributed by atoms with Crippen LogP contribution in [0.1, 0.15) is 28.6 Å². The van der Waals surface area contributed by atoms with Crippen LogP contribution in [0.3, 0.4) is 0 Å². The van der Waals surface area contributed by atoms with E-state index in [4.69, 9.17) is 4.42 Å². The maximum atomic E-state index is 12.8. The van der Waals surface area contributed by atoms with E-state index in [1.807, 2.05) is 55.5 Å². The number of hydrogen-bond donors (Lipinski definition) is 0. The van der Waals surface area contributed by atoms with Crippen molar-refractivity contribution in [3.63, 3.8) is 0 Å². The summed E-state index contributed by atoms with van der Waals surface area (Å²) >= 11 is 1.27. The molecule has 5 rings (SSSR count). The molecule has 5 aromatic rings. The van der Waals surface area contributed by atoms with Gasteiger partial charge in [0.1, 0.15) is 16.1 Å². The summed E-state index contributed by atoms with van der Waals surface area (Å²) < 4.78 is 7.72. The smallest absolute Gasteiger partial charge is 0.291 e. The van der Waals surface area contributed by atoms with E-state index in [0.717, 1.165) is 16.7 Å². The standard InChI is InChI=1S/C24H17N3O3S/c1-14-4-3-5-18(12-14)22-25-24-27(26-22)23(29)21(31-24)13-19-10-11-20(30-19)17-8-6-16(7-9-17)15(2)28/h3-13H,1-2H3. The van der Waals surface area contributed by atoms with E-state index in [2.05, 4.69) is 10.1 Å². The number of hydrogen-bond acceptors (Lipinski definition) is 6. The van der Waals surface area contributed by atoms with Crippen molar-refractivity contribution < 1.29 is 9.21 Å². The number of rotatable bonds is 4. The molecule has 3 heterocycles. The summed E-state index contributed by atoms with van der Waals surface area (Å²) in [5, 5.41) is 4.39. The monoisotopic (exact) mass is 427 g/mol. The number of nitrogens with zero attached hydrogens (tertiary/aromatic N) is 3. The van der Waals surface area contributed by atoms with E-state index in [1.165, 1.54) is 22.8 Å². The molecule has 0 unspecified atom stereocenters. The molecule has 0 aliphatic carbocycles. The van der Waals surface area contributed by atoms with Gasteiger partial charge in [-0.05, 0) is 32.0 Å². The third kappa shape index (κ3) is 3.60. The molecule has 0 saturated heterocycles. The van der Waals surface area contributed by atoms with Gasteiger partial charge in [-0.1, -0.05) is 59.4 Å². The van der Waals surface area contributed by atoms with E-state index in [1.54, 1.807) is 18.2 Å². The molecular weight excluding hydrogens is 410 g/mol. The Bertz CT molecular complexity index is 1540. The van der Waals surface area contributed by atoms with E-state index in [9.17, 15) is 9.59 Å². The van der Waals surface area contributed by atoms with Gasteiger partial charge in [0.05, 0.1) is 0 Å². The second-order valence-corrected chi connectivity index (χ2v) is 8.26. The first kappa shape index (κ1) is 19.1. The summed E-state index contributed by atoms with van der Waals surface area (Å²) in [4.78, 5) is 29.3. The van der Waals surface area contributed by atoms with Gasteiger partial charge in [0, 0.05) is 22.8 Å². The number of benzene rings is 2. The van der Waals surface area contributed by atoms with Crippen LogP contribution >= 0.6 is 11.3 Å². The lowest BCUT2D eigenvalue weighted by Gasteiger charge is -1.98. The van der Waals surface area contributed by atoms with Crippen LogP contribution in [-0.4, -0.2) is 20.4 Å². The number of thiazole rings is 1. The van der Waals surface area contributed by atoms with Crippen molar-refractivity contribution in [3.05, 3.63) is 92.4 Å². The van der Waals surface area contributed by atoms with Gasteiger partial charge >= 0.3 is 0 Å². The molecule has 0 bridgehead atoms. The highest BCUT2D eigenvalue weighted by Crippen LogP contribution is 2.23. The van der Waals surface area contributed by atoms with Crippen LogP contribution < -0.4 is 10.1 Å². The highest BCUT2D eigenvalue weighted by molar-refractivity contribution is 7.15. The normalized spacial score (nSPS) is 12.0. The van der Waals surface area contributed by atoms with Crippen molar-refractivity contribution in [2.45, 2.75) is 13.8 Å². The summed E-state index contributed by atoms with van der Waals surface area (Å²) in [5.74, 6) is 1.78. The molecule has 2 aromatic carbocycles. The van der Waals surface area contributed by atoms with E-state index < -0.39 is 0 Å². The van der Waals surface area contributed by atoms with Crippen LogP contribution in [0.5, 0.6) is 0 Å². The van der Waals surface area contributed by atoms with Crippen LogP contribution in [0, 0.1) is 6.92 Å². The summed E-state index contributed by atoms with van der Waals surface area (Å²) in [6.07, 6.45) is 1.70. The van der Waals surface area contributed by atoms with Crippen molar-refractivity contribution in [2.24, 2.45) is 0 Å². The number of aryl methyl sites for hydroxylation is 1. The summed E-state index contributed by atoms with van der Waals surface area (Å²) in [7, 11) is 0. The fourth-order valence-corrected chi connectivity index (χ4v) is 4.21. The molecule has 0 aliphatic heterocycles. The first-order valence-electron chi connectivity index (χ1n) is 9.67. The molecule has 0 fully saturated rings. The lowest BCUT2D eigenvalue weighted by molar-refractivity contribution is 0.101. The van der Waals surface area contributed by atoms with Gasteiger partial charge < -0.3 is 4.42 Å². The zero-order valence-corrected chi connectivity index (χ0v) is 17.6. The zero-order chi connectivity index (χ0) is 21.5. The Morgan fingerprint density at radius 2 is 1.87 bits per heavy atom. The molecule has 0 N–H and O–H groups in total. The average Bonchev–Trinajstić information content (AvgIpc) is 3.46. The van der Waals surface area contributed by atoms with Crippen LogP contribution in [0.4, 0.5) is 0 Å². The summed E-state index contributed by atoms with van der Waals surface area (Å²) in [6.45, 7) is 3.54. The predicted octanol–water partition coefficient (Wildman–Crippen LogP) is 4.14. The molecule has 31 heavy (non-hydrogen) atoms. The quantitative estimate of drug-likeness (QED) is 0.403. The van der Waals surface area contributed by atoms with Gasteiger partial charge in [-0.15, -0.1) is 5.10 Å². The topological polar surface area (TPSA) is 77.5 Å². The minimum Gasteiger partial charge on any atom is -0.457 e. The molecular formula is C24H17N3O3S. The molecule has 0 radical (unpaired) electrons. The predicted molar refractivity (Wildman–Crippen MR) is 120 cm³/mol. The zero-order valence-electron chi connectivity index (χ0n) is 16.8.